The molecule has 2 fully saturated rings. The van der Waals surface area contributed by atoms with Gasteiger partial charge in [0.05, 0.1) is 5.76 Å². The second-order valence-electron chi connectivity index (χ2n) is 8.68. The van der Waals surface area contributed by atoms with Gasteiger partial charge in [-0.1, -0.05) is 26.8 Å². The predicted molar refractivity (Wildman–Crippen MR) is 88.4 cm³/mol. The van der Waals surface area contributed by atoms with Crippen molar-refractivity contribution >= 4 is 0 Å². The van der Waals surface area contributed by atoms with Gasteiger partial charge in [0.15, 0.2) is 0 Å². The molecule has 2 N–H and O–H groups in total. The molecule has 0 saturated heterocycles. The van der Waals surface area contributed by atoms with Crippen LogP contribution in [0, 0.1) is 40.4 Å². The molecule has 22 heavy (non-hydrogen) atoms. The van der Waals surface area contributed by atoms with Crippen molar-refractivity contribution < 1.29 is 10.2 Å². The Morgan fingerprint density at radius 3 is 2.73 bits per heavy atom. The first-order chi connectivity index (χ1) is 10.4. The minimum atomic E-state index is 0.00891. The van der Waals surface area contributed by atoms with Gasteiger partial charge < -0.3 is 10.2 Å². The van der Waals surface area contributed by atoms with E-state index in [4.69, 9.17) is 0 Å². The lowest BCUT2D eigenvalue weighted by Crippen LogP contribution is -2.53. The van der Waals surface area contributed by atoms with E-state index in [1.807, 2.05) is 6.08 Å². The van der Waals surface area contributed by atoms with E-state index in [0.29, 0.717) is 41.1 Å². The lowest BCUT2D eigenvalue weighted by atomic mass is 9.45. The van der Waals surface area contributed by atoms with Crippen LogP contribution in [0.25, 0.3) is 0 Å². The van der Waals surface area contributed by atoms with Crippen molar-refractivity contribution in [3.05, 3.63) is 35.8 Å². The van der Waals surface area contributed by atoms with Crippen LogP contribution in [-0.4, -0.2) is 10.2 Å². The second kappa shape index (κ2) is 4.43. The minimum absolute atomic E-state index is 0.00891. The Morgan fingerprint density at radius 1 is 1.18 bits per heavy atom. The Labute approximate surface area is 133 Å². The molecule has 0 heterocycles. The lowest BCUT2D eigenvalue weighted by Gasteiger charge is -2.59. The van der Waals surface area contributed by atoms with E-state index in [1.165, 1.54) is 6.42 Å². The van der Waals surface area contributed by atoms with Crippen LogP contribution < -0.4 is 0 Å². The van der Waals surface area contributed by atoms with Gasteiger partial charge in [-0.2, -0.15) is 0 Å². The molecule has 0 aromatic heterocycles. The van der Waals surface area contributed by atoms with Crippen LogP contribution >= 0.6 is 0 Å². The molecule has 2 unspecified atom stereocenters. The maximum absolute atomic E-state index is 10.4. The molecule has 0 aliphatic heterocycles. The molecule has 120 valence electrons. The fraction of sp³-hybridized carbons (Fsp3) is 0.700. The summed E-state index contributed by atoms with van der Waals surface area (Å²) in [4.78, 5) is 0. The molecule has 2 heteroatoms. The summed E-state index contributed by atoms with van der Waals surface area (Å²) in [7, 11) is 0. The molecule has 4 rings (SSSR count). The molecule has 0 aromatic rings. The van der Waals surface area contributed by atoms with Crippen molar-refractivity contribution in [2.24, 2.45) is 40.4 Å². The largest absolute Gasteiger partial charge is 0.512 e. The maximum Gasteiger partial charge on any atom is 0.111 e. The van der Waals surface area contributed by atoms with Crippen molar-refractivity contribution in [1.82, 2.24) is 0 Å². The summed E-state index contributed by atoms with van der Waals surface area (Å²) in [6.45, 7) is 7.06. The van der Waals surface area contributed by atoms with Crippen molar-refractivity contribution in [3.8, 4) is 0 Å². The second-order valence-corrected chi connectivity index (χ2v) is 8.68. The van der Waals surface area contributed by atoms with Gasteiger partial charge in [0.25, 0.3) is 0 Å². The topological polar surface area (TPSA) is 40.5 Å². The van der Waals surface area contributed by atoms with E-state index in [1.54, 1.807) is 0 Å². The summed E-state index contributed by atoms with van der Waals surface area (Å²) in [5, 5.41) is 20.3. The zero-order valence-corrected chi connectivity index (χ0v) is 13.9. The Hall–Kier alpha value is -1.18. The average Bonchev–Trinajstić information content (AvgIpc) is 2.77. The number of allylic oxidation sites excluding steroid dienone is 5. The zero-order chi connectivity index (χ0) is 15.7. The van der Waals surface area contributed by atoms with Crippen LogP contribution in [0.2, 0.25) is 0 Å². The standard InChI is InChI=1S/C20H28O2/c1-12-10-13-11-14(21)6-8-19(13,2)16-7-9-20(3)15(18(12)16)4-5-17(20)22/h5-6,8,11-13,15-16,18,21-22H,4,7,9-10H2,1-3H3/t12?,13?,15-,16+,18-,19-,20-/m0/s1. The van der Waals surface area contributed by atoms with Crippen molar-refractivity contribution in [2.75, 3.05) is 0 Å². The van der Waals surface area contributed by atoms with Gasteiger partial charge in [0.2, 0.25) is 0 Å². The summed E-state index contributed by atoms with van der Waals surface area (Å²) < 4.78 is 0. The van der Waals surface area contributed by atoms with Crippen LogP contribution in [0.4, 0.5) is 0 Å². The van der Waals surface area contributed by atoms with Gasteiger partial charge in [0, 0.05) is 5.41 Å². The van der Waals surface area contributed by atoms with Crippen LogP contribution in [-0.2, 0) is 0 Å². The molecule has 4 aliphatic rings. The van der Waals surface area contributed by atoms with Gasteiger partial charge in [-0.3, -0.25) is 0 Å². The lowest BCUT2D eigenvalue weighted by molar-refractivity contribution is -0.0854. The molecule has 0 amide bonds. The average molecular weight is 300 g/mol. The predicted octanol–water partition coefficient (Wildman–Crippen LogP) is 5.15. The first kappa shape index (κ1) is 14.4. The molecular formula is C20H28O2. The fourth-order valence-electron chi connectivity index (χ4n) is 6.37. The summed E-state index contributed by atoms with van der Waals surface area (Å²) in [5.41, 5.74) is 0.179. The molecule has 0 radical (unpaired) electrons. The van der Waals surface area contributed by atoms with E-state index in [0.717, 1.165) is 19.3 Å². The smallest absolute Gasteiger partial charge is 0.111 e. The first-order valence-corrected chi connectivity index (χ1v) is 8.86. The number of hydrogen-bond acceptors (Lipinski definition) is 2. The Bertz CT molecular complexity index is 587. The van der Waals surface area contributed by atoms with Crippen LogP contribution in [0.15, 0.2) is 35.8 Å². The minimum Gasteiger partial charge on any atom is -0.512 e. The maximum atomic E-state index is 10.4. The van der Waals surface area contributed by atoms with E-state index < -0.39 is 0 Å². The molecule has 0 spiro atoms. The van der Waals surface area contributed by atoms with Crippen molar-refractivity contribution in [3.63, 3.8) is 0 Å². The molecule has 0 bridgehead atoms. The zero-order valence-electron chi connectivity index (χ0n) is 13.9. The van der Waals surface area contributed by atoms with Crippen molar-refractivity contribution in [2.45, 2.75) is 46.5 Å². The number of rotatable bonds is 0. The van der Waals surface area contributed by atoms with Gasteiger partial charge in [-0.05, 0) is 78.9 Å². The number of hydrogen-bond donors (Lipinski definition) is 2. The highest BCUT2D eigenvalue weighted by molar-refractivity contribution is 5.29. The van der Waals surface area contributed by atoms with Crippen molar-refractivity contribution in [1.29, 1.82) is 0 Å². The Morgan fingerprint density at radius 2 is 1.95 bits per heavy atom. The van der Waals surface area contributed by atoms with E-state index in [-0.39, 0.29) is 10.8 Å². The van der Waals surface area contributed by atoms with E-state index >= 15 is 0 Å². The SMILES string of the molecule is CC1CC2C=C(O)C=C[C@]2(C)[C@@H]2CC[C@]3(C)C(O)=CC[C@H]3[C@H]12. The van der Waals surface area contributed by atoms with Gasteiger partial charge >= 0.3 is 0 Å². The molecule has 2 nitrogen and oxygen atoms in total. The molecule has 2 saturated carbocycles. The molecular weight excluding hydrogens is 272 g/mol. The van der Waals surface area contributed by atoms with E-state index in [9.17, 15) is 10.2 Å². The molecule has 7 atom stereocenters. The Balaban J connectivity index is 1.73. The highest BCUT2D eigenvalue weighted by Crippen LogP contribution is 2.65. The number of aliphatic hydroxyl groups is 2. The Kier molecular flexibility index (Phi) is 2.90. The van der Waals surface area contributed by atoms with Crippen LogP contribution in [0.1, 0.15) is 46.5 Å². The monoisotopic (exact) mass is 300 g/mol. The van der Waals surface area contributed by atoms with E-state index in [2.05, 4.69) is 39.0 Å². The fourth-order valence-corrected chi connectivity index (χ4v) is 6.37. The molecule has 0 aromatic carbocycles. The van der Waals surface area contributed by atoms with Gasteiger partial charge in [0.1, 0.15) is 5.76 Å². The third kappa shape index (κ3) is 1.67. The summed E-state index contributed by atoms with van der Waals surface area (Å²) >= 11 is 0. The highest BCUT2D eigenvalue weighted by atomic mass is 16.3. The molecule has 4 aliphatic carbocycles. The summed E-state index contributed by atoms with van der Waals surface area (Å²) in [6, 6.07) is 0. The highest BCUT2D eigenvalue weighted by Gasteiger charge is 2.59. The quantitative estimate of drug-likeness (QED) is 0.649. The number of aliphatic hydroxyl groups excluding tert-OH is 2. The summed E-state index contributed by atoms with van der Waals surface area (Å²) in [5.74, 6) is 4.13. The normalized spacial score (nSPS) is 53.1. The van der Waals surface area contributed by atoms with Crippen LogP contribution in [0.5, 0.6) is 0 Å². The summed E-state index contributed by atoms with van der Waals surface area (Å²) in [6.07, 6.45) is 12.8. The van der Waals surface area contributed by atoms with Gasteiger partial charge in [-0.25, -0.2) is 0 Å². The third-order valence-electron chi connectivity index (χ3n) is 7.74. The van der Waals surface area contributed by atoms with Gasteiger partial charge in [-0.15, -0.1) is 0 Å². The number of fused-ring (bicyclic) bond motifs is 5. The van der Waals surface area contributed by atoms with Crippen LogP contribution in [0.3, 0.4) is 0 Å². The first-order valence-electron chi connectivity index (χ1n) is 8.86. The third-order valence-corrected chi connectivity index (χ3v) is 7.74.